The van der Waals surface area contributed by atoms with Crippen molar-refractivity contribution in [3.63, 3.8) is 0 Å². The minimum Gasteiger partial charge on any atom is -0.444 e. The van der Waals surface area contributed by atoms with Gasteiger partial charge in [0.15, 0.2) is 0 Å². The van der Waals surface area contributed by atoms with Crippen LogP contribution in [-0.2, 0) is 25.8 Å². The van der Waals surface area contributed by atoms with Crippen molar-refractivity contribution in [2.45, 2.75) is 51.9 Å². The number of hydroxylamine groups is 1. The first-order valence-electron chi connectivity index (χ1n) is 8.98. The van der Waals surface area contributed by atoms with E-state index in [1.165, 1.54) is 4.90 Å². The maximum atomic E-state index is 12.3. The van der Waals surface area contributed by atoms with Crippen LogP contribution < -0.4 is 10.8 Å². The van der Waals surface area contributed by atoms with Gasteiger partial charge >= 0.3 is 6.09 Å². The first-order valence-corrected chi connectivity index (χ1v) is 8.98. The summed E-state index contributed by atoms with van der Waals surface area (Å²) in [6.07, 6.45) is 0.733. The average molecular weight is 377 g/mol. The smallest absolute Gasteiger partial charge is 0.410 e. The first-order chi connectivity index (χ1) is 12.8. The zero-order valence-corrected chi connectivity index (χ0v) is 16.0. The first kappa shape index (κ1) is 20.7. The largest absolute Gasteiger partial charge is 0.444 e. The summed E-state index contributed by atoms with van der Waals surface area (Å²) < 4.78 is 5.33. The van der Waals surface area contributed by atoms with Crippen LogP contribution in [0.2, 0.25) is 0 Å². The van der Waals surface area contributed by atoms with Gasteiger partial charge in [-0.2, -0.15) is 0 Å². The Morgan fingerprint density at radius 1 is 1.19 bits per heavy atom. The number of benzene rings is 1. The molecule has 27 heavy (non-hydrogen) atoms. The van der Waals surface area contributed by atoms with Crippen molar-refractivity contribution >= 4 is 17.9 Å². The van der Waals surface area contributed by atoms with Crippen LogP contribution in [-0.4, -0.2) is 47.5 Å². The van der Waals surface area contributed by atoms with Crippen molar-refractivity contribution in [3.05, 3.63) is 35.9 Å². The zero-order valence-electron chi connectivity index (χ0n) is 16.0. The Labute approximate surface area is 159 Å². The summed E-state index contributed by atoms with van der Waals surface area (Å²) in [7, 11) is 0. The summed E-state index contributed by atoms with van der Waals surface area (Å²) in [5, 5.41) is 2.54. The molecule has 2 N–H and O–H groups in total. The highest BCUT2D eigenvalue weighted by Crippen LogP contribution is 2.20. The molecule has 3 amide bonds. The number of nitrogens with one attached hydrogen (secondary N) is 2. The molecule has 2 rings (SSSR count). The van der Waals surface area contributed by atoms with Gasteiger partial charge in [0, 0.05) is 6.54 Å². The van der Waals surface area contributed by atoms with Crippen LogP contribution in [0, 0.1) is 0 Å². The van der Waals surface area contributed by atoms with Crippen LogP contribution in [0.4, 0.5) is 4.79 Å². The van der Waals surface area contributed by atoms with Crippen molar-refractivity contribution in [1.82, 2.24) is 15.7 Å². The van der Waals surface area contributed by atoms with E-state index in [4.69, 9.17) is 9.57 Å². The molecule has 148 valence electrons. The van der Waals surface area contributed by atoms with E-state index >= 15 is 0 Å². The topological polar surface area (TPSA) is 97.0 Å². The second kappa shape index (κ2) is 9.36. The van der Waals surface area contributed by atoms with Crippen molar-refractivity contribution in [1.29, 1.82) is 0 Å². The number of hydrogen-bond donors (Lipinski definition) is 2. The fourth-order valence-electron chi connectivity index (χ4n) is 2.67. The van der Waals surface area contributed by atoms with Gasteiger partial charge in [0.2, 0.25) is 5.91 Å². The van der Waals surface area contributed by atoms with Crippen LogP contribution in [0.25, 0.3) is 0 Å². The Morgan fingerprint density at radius 2 is 1.89 bits per heavy atom. The lowest BCUT2D eigenvalue weighted by molar-refractivity contribution is -0.136. The van der Waals surface area contributed by atoms with Gasteiger partial charge in [-0.1, -0.05) is 30.3 Å². The van der Waals surface area contributed by atoms with E-state index in [2.05, 4.69) is 10.8 Å². The van der Waals surface area contributed by atoms with Gasteiger partial charge in [0.25, 0.3) is 5.91 Å². The van der Waals surface area contributed by atoms with Crippen LogP contribution in [0.1, 0.15) is 39.2 Å². The second-order valence-electron chi connectivity index (χ2n) is 7.35. The predicted octanol–water partition coefficient (Wildman–Crippen LogP) is 1.75. The number of hydrogen-bond acceptors (Lipinski definition) is 5. The Balaban J connectivity index is 1.73. The molecule has 8 heteroatoms. The molecule has 0 spiro atoms. The minimum atomic E-state index is -0.628. The lowest BCUT2D eigenvalue weighted by Gasteiger charge is -2.27. The summed E-state index contributed by atoms with van der Waals surface area (Å²) >= 11 is 0. The molecule has 0 bridgehead atoms. The number of ether oxygens (including phenoxy) is 1. The Hall–Kier alpha value is -2.61. The molecule has 0 radical (unpaired) electrons. The number of carbonyl (C=O) groups excluding carboxylic acids is 3. The molecule has 1 heterocycles. The van der Waals surface area contributed by atoms with Gasteiger partial charge in [0.05, 0.1) is 13.2 Å². The van der Waals surface area contributed by atoms with E-state index in [0.29, 0.717) is 19.4 Å². The highest BCUT2D eigenvalue weighted by Gasteiger charge is 2.36. The van der Waals surface area contributed by atoms with Crippen molar-refractivity contribution in [2.24, 2.45) is 0 Å². The second-order valence-corrected chi connectivity index (χ2v) is 7.35. The average Bonchev–Trinajstić information content (AvgIpc) is 3.09. The predicted molar refractivity (Wildman–Crippen MR) is 98.3 cm³/mol. The van der Waals surface area contributed by atoms with Crippen LogP contribution in [0.5, 0.6) is 0 Å². The maximum absolute atomic E-state index is 12.3. The molecule has 1 aromatic carbocycles. The molecular formula is C19H27N3O5. The van der Waals surface area contributed by atoms with Gasteiger partial charge in [-0.15, -0.1) is 0 Å². The normalized spacial score (nSPS) is 16.7. The molecule has 1 saturated heterocycles. The SMILES string of the molecule is CC(C)(C)OC(=O)N1CCC[C@H]1C(=O)NCC(=O)NOCc1ccccc1. The third-order valence-corrected chi connectivity index (χ3v) is 3.87. The number of nitrogens with zero attached hydrogens (tertiary/aromatic N) is 1. The lowest BCUT2D eigenvalue weighted by atomic mass is 10.2. The molecule has 1 aliphatic heterocycles. The van der Waals surface area contributed by atoms with Crippen LogP contribution >= 0.6 is 0 Å². The van der Waals surface area contributed by atoms with Crippen molar-refractivity contribution < 1.29 is 24.0 Å². The molecule has 1 atom stereocenters. The van der Waals surface area contributed by atoms with Gasteiger partial charge < -0.3 is 10.1 Å². The number of amides is 3. The Kier molecular flexibility index (Phi) is 7.18. The fourth-order valence-corrected chi connectivity index (χ4v) is 2.67. The third kappa shape index (κ3) is 6.90. The molecule has 1 fully saturated rings. The van der Waals surface area contributed by atoms with Crippen molar-refractivity contribution in [2.75, 3.05) is 13.1 Å². The fraction of sp³-hybridized carbons (Fsp3) is 0.526. The summed E-state index contributed by atoms with van der Waals surface area (Å²) in [5.74, 6) is -0.849. The summed E-state index contributed by atoms with van der Waals surface area (Å²) in [6.45, 7) is 5.78. The van der Waals surface area contributed by atoms with Gasteiger partial charge in [0.1, 0.15) is 11.6 Å². The van der Waals surface area contributed by atoms with Crippen molar-refractivity contribution in [3.8, 4) is 0 Å². The minimum absolute atomic E-state index is 0.230. The number of likely N-dealkylation sites (tertiary alicyclic amines) is 1. The zero-order chi connectivity index (χ0) is 19.9. The maximum Gasteiger partial charge on any atom is 0.410 e. The van der Waals surface area contributed by atoms with E-state index in [1.54, 1.807) is 20.8 Å². The number of rotatable bonds is 6. The highest BCUT2D eigenvalue weighted by molar-refractivity contribution is 5.89. The Bertz CT molecular complexity index is 657. The molecule has 0 aromatic heterocycles. The standard InChI is InChI=1S/C19H27N3O5/c1-19(2,3)27-18(25)22-11-7-10-15(22)17(24)20-12-16(23)21-26-13-14-8-5-4-6-9-14/h4-6,8-9,15H,7,10-13H2,1-3H3,(H,20,24)(H,21,23)/t15-/m0/s1. The van der Waals surface area contributed by atoms with Gasteiger partial charge in [-0.05, 0) is 39.2 Å². The van der Waals surface area contributed by atoms with E-state index in [9.17, 15) is 14.4 Å². The van der Waals surface area contributed by atoms with E-state index in [1.807, 2.05) is 30.3 Å². The van der Waals surface area contributed by atoms with Gasteiger partial charge in [-0.3, -0.25) is 19.3 Å². The molecule has 0 saturated carbocycles. The van der Waals surface area contributed by atoms with E-state index < -0.39 is 23.6 Å². The summed E-state index contributed by atoms with van der Waals surface area (Å²) in [4.78, 5) is 42.9. The van der Waals surface area contributed by atoms with Crippen LogP contribution in [0.3, 0.4) is 0 Å². The molecule has 1 aliphatic rings. The van der Waals surface area contributed by atoms with Gasteiger partial charge in [-0.25, -0.2) is 10.3 Å². The summed E-state index contributed by atoms with van der Waals surface area (Å²) in [5.41, 5.74) is 2.57. The Morgan fingerprint density at radius 3 is 2.56 bits per heavy atom. The quantitative estimate of drug-likeness (QED) is 0.736. The lowest BCUT2D eigenvalue weighted by Crippen LogP contribution is -2.49. The monoisotopic (exact) mass is 377 g/mol. The molecule has 1 aromatic rings. The van der Waals surface area contributed by atoms with E-state index in [0.717, 1.165) is 5.56 Å². The number of carbonyl (C=O) groups is 3. The van der Waals surface area contributed by atoms with Crippen LogP contribution in [0.15, 0.2) is 30.3 Å². The van der Waals surface area contributed by atoms with E-state index in [-0.39, 0.29) is 19.1 Å². The molecule has 0 unspecified atom stereocenters. The summed E-state index contributed by atoms with van der Waals surface area (Å²) in [6, 6.07) is 8.76. The highest BCUT2D eigenvalue weighted by atomic mass is 16.6. The third-order valence-electron chi connectivity index (χ3n) is 3.87. The molecular weight excluding hydrogens is 350 g/mol. The molecule has 0 aliphatic carbocycles. The molecule has 8 nitrogen and oxygen atoms in total.